The quantitative estimate of drug-likeness (QED) is 0.646. The number of rotatable bonds is 10. The summed E-state index contributed by atoms with van der Waals surface area (Å²) >= 11 is 0. The summed E-state index contributed by atoms with van der Waals surface area (Å²) < 4.78 is 18.9. The topological polar surface area (TPSA) is 77.2 Å². The number of aromatic nitrogens is 1. The molecule has 25 heavy (non-hydrogen) atoms. The lowest BCUT2D eigenvalue weighted by molar-refractivity contribution is -0.121. The highest BCUT2D eigenvalue weighted by Gasteiger charge is 2.08. The molecule has 0 saturated carbocycles. The van der Waals surface area contributed by atoms with Gasteiger partial charge in [0.05, 0.1) is 0 Å². The third kappa shape index (κ3) is 6.89. The van der Waals surface area contributed by atoms with Crippen LogP contribution in [-0.2, 0) is 11.3 Å². The predicted molar refractivity (Wildman–Crippen MR) is 94.7 cm³/mol. The maximum absolute atomic E-state index is 13.3. The normalized spacial score (nSPS) is 10.5. The molecule has 0 unspecified atom stereocenters. The number of halogens is 1. The molecule has 1 aromatic heterocycles. The van der Waals surface area contributed by atoms with E-state index in [4.69, 9.17) is 10.5 Å². The van der Waals surface area contributed by atoms with Crippen molar-refractivity contribution in [1.29, 1.82) is 0 Å². The van der Waals surface area contributed by atoms with E-state index < -0.39 is 0 Å². The molecule has 0 saturated heterocycles. The van der Waals surface area contributed by atoms with Gasteiger partial charge in [-0.05, 0) is 37.6 Å². The molecule has 0 radical (unpaired) electrons. The van der Waals surface area contributed by atoms with Crippen molar-refractivity contribution >= 4 is 5.91 Å². The Bertz CT molecular complexity index is 679. The molecule has 134 valence electrons. The SMILES string of the molecule is NCCCCCCC(=O)NCc1cccnc1Oc1cccc(F)c1. The van der Waals surface area contributed by atoms with Gasteiger partial charge < -0.3 is 15.8 Å². The molecular weight excluding hydrogens is 321 g/mol. The molecule has 2 aromatic rings. The van der Waals surface area contributed by atoms with Crippen molar-refractivity contribution in [1.82, 2.24) is 10.3 Å². The van der Waals surface area contributed by atoms with Gasteiger partial charge in [0.1, 0.15) is 11.6 Å². The molecule has 0 bridgehead atoms. The highest BCUT2D eigenvalue weighted by Crippen LogP contribution is 2.23. The first-order valence-corrected chi connectivity index (χ1v) is 8.53. The van der Waals surface area contributed by atoms with E-state index in [1.54, 1.807) is 24.4 Å². The van der Waals surface area contributed by atoms with E-state index in [-0.39, 0.29) is 11.7 Å². The van der Waals surface area contributed by atoms with Crippen LogP contribution in [0.5, 0.6) is 11.6 Å². The molecule has 6 heteroatoms. The third-order valence-electron chi connectivity index (χ3n) is 3.69. The molecule has 0 spiro atoms. The van der Waals surface area contributed by atoms with Gasteiger partial charge in [0.15, 0.2) is 0 Å². The van der Waals surface area contributed by atoms with Crippen molar-refractivity contribution in [2.45, 2.75) is 38.6 Å². The summed E-state index contributed by atoms with van der Waals surface area (Å²) in [6.45, 7) is 1.02. The molecule has 1 heterocycles. The Labute approximate surface area is 147 Å². The average Bonchev–Trinajstić information content (AvgIpc) is 2.61. The number of nitrogens with two attached hydrogens (primary N) is 1. The van der Waals surface area contributed by atoms with Gasteiger partial charge in [-0.1, -0.05) is 25.0 Å². The first kappa shape index (κ1) is 18.9. The number of carbonyl (C=O) groups excluding carboxylic acids is 1. The molecule has 5 nitrogen and oxygen atoms in total. The summed E-state index contributed by atoms with van der Waals surface area (Å²) in [7, 11) is 0. The van der Waals surface area contributed by atoms with Crippen LogP contribution >= 0.6 is 0 Å². The van der Waals surface area contributed by atoms with E-state index in [0.717, 1.165) is 31.2 Å². The number of nitrogens with one attached hydrogen (secondary N) is 1. The van der Waals surface area contributed by atoms with E-state index >= 15 is 0 Å². The Hall–Kier alpha value is -2.47. The summed E-state index contributed by atoms with van der Waals surface area (Å²) in [5.74, 6) is 0.341. The highest BCUT2D eigenvalue weighted by molar-refractivity contribution is 5.75. The van der Waals surface area contributed by atoms with Crippen molar-refractivity contribution in [3.05, 3.63) is 54.0 Å². The smallest absolute Gasteiger partial charge is 0.224 e. The molecule has 0 atom stereocenters. The number of ether oxygens (including phenoxy) is 1. The van der Waals surface area contributed by atoms with E-state index in [2.05, 4.69) is 10.3 Å². The van der Waals surface area contributed by atoms with E-state index in [1.165, 1.54) is 12.1 Å². The van der Waals surface area contributed by atoms with Gasteiger partial charge >= 0.3 is 0 Å². The monoisotopic (exact) mass is 345 g/mol. The molecule has 0 aliphatic rings. The van der Waals surface area contributed by atoms with Crippen LogP contribution in [0.4, 0.5) is 4.39 Å². The lowest BCUT2D eigenvalue weighted by Crippen LogP contribution is -2.22. The Morgan fingerprint density at radius 2 is 2.00 bits per heavy atom. The predicted octanol–water partition coefficient (Wildman–Crippen LogP) is 3.54. The minimum absolute atomic E-state index is 0.00620. The number of nitrogens with zero attached hydrogens (tertiary/aromatic N) is 1. The lowest BCUT2D eigenvalue weighted by Gasteiger charge is -2.11. The second kappa shape index (κ2) is 10.4. The summed E-state index contributed by atoms with van der Waals surface area (Å²) in [6, 6.07) is 9.45. The summed E-state index contributed by atoms with van der Waals surface area (Å²) in [6.07, 6.45) is 6.00. The number of pyridine rings is 1. The maximum Gasteiger partial charge on any atom is 0.224 e. The number of hydrogen-bond acceptors (Lipinski definition) is 4. The summed E-state index contributed by atoms with van der Waals surface area (Å²) in [5, 5.41) is 2.87. The van der Waals surface area contributed by atoms with Gasteiger partial charge in [-0.15, -0.1) is 0 Å². The molecule has 0 aliphatic heterocycles. The van der Waals surface area contributed by atoms with Gasteiger partial charge in [0.25, 0.3) is 0 Å². The molecule has 0 fully saturated rings. The van der Waals surface area contributed by atoms with E-state index in [9.17, 15) is 9.18 Å². The van der Waals surface area contributed by atoms with Crippen LogP contribution in [0.2, 0.25) is 0 Å². The first-order valence-electron chi connectivity index (χ1n) is 8.53. The summed E-state index contributed by atoms with van der Waals surface area (Å²) in [5.41, 5.74) is 6.18. The Kier molecular flexibility index (Phi) is 7.85. The molecule has 2 rings (SSSR count). The van der Waals surface area contributed by atoms with Crippen LogP contribution < -0.4 is 15.8 Å². The zero-order valence-corrected chi connectivity index (χ0v) is 14.2. The van der Waals surface area contributed by atoms with Crippen LogP contribution in [-0.4, -0.2) is 17.4 Å². The van der Waals surface area contributed by atoms with Gasteiger partial charge in [0, 0.05) is 30.8 Å². The number of unbranched alkanes of at least 4 members (excludes halogenated alkanes) is 3. The number of hydrogen-bond donors (Lipinski definition) is 2. The lowest BCUT2D eigenvalue weighted by atomic mass is 10.1. The minimum atomic E-state index is -0.377. The molecule has 1 aromatic carbocycles. The fourth-order valence-electron chi connectivity index (χ4n) is 2.36. The molecule has 1 amide bonds. The van der Waals surface area contributed by atoms with E-state index in [1.807, 2.05) is 6.07 Å². The Morgan fingerprint density at radius 1 is 1.16 bits per heavy atom. The van der Waals surface area contributed by atoms with Gasteiger partial charge in [-0.3, -0.25) is 4.79 Å². The molecule has 3 N–H and O–H groups in total. The van der Waals surface area contributed by atoms with Gasteiger partial charge in [0.2, 0.25) is 11.8 Å². The second-order valence-corrected chi connectivity index (χ2v) is 5.76. The van der Waals surface area contributed by atoms with Crippen LogP contribution in [0.25, 0.3) is 0 Å². The Balaban J connectivity index is 1.85. The van der Waals surface area contributed by atoms with E-state index in [0.29, 0.717) is 31.1 Å². The summed E-state index contributed by atoms with van der Waals surface area (Å²) in [4.78, 5) is 16.1. The fourth-order valence-corrected chi connectivity index (χ4v) is 2.36. The number of carbonyl (C=O) groups is 1. The fraction of sp³-hybridized carbons (Fsp3) is 0.368. The largest absolute Gasteiger partial charge is 0.439 e. The van der Waals surface area contributed by atoms with Gasteiger partial charge in [-0.2, -0.15) is 0 Å². The van der Waals surface area contributed by atoms with Crippen LogP contribution in [0.3, 0.4) is 0 Å². The standard InChI is InChI=1S/C19H24FN3O2/c20-16-8-5-9-17(13-16)25-19-15(7-6-12-22-19)14-23-18(24)10-3-1-2-4-11-21/h5-9,12-13H,1-4,10-11,14,21H2,(H,23,24). The molecular formula is C19H24FN3O2. The van der Waals surface area contributed by atoms with Crippen molar-refractivity contribution in [3.63, 3.8) is 0 Å². The number of benzene rings is 1. The van der Waals surface area contributed by atoms with Crippen molar-refractivity contribution < 1.29 is 13.9 Å². The molecule has 0 aliphatic carbocycles. The van der Waals surface area contributed by atoms with Crippen LogP contribution in [0.15, 0.2) is 42.6 Å². The second-order valence-electron chi connectivity index (χ2n) is 5.76. The maximum atomic E-state index is 13.3. The first-order chi connectivity index (χ1) is 12.2. The van der Waals surface area contributed by atoms with Gasteiger partial charge in [-0.25, -0.2) is 9.37 Å². The van der Waals surface area contributed by atoms with Crippen molar-refractivity contribution in [3.8, 4) is 11.6 Å². The highest BCUT2D eigenvalue weighted by atomic mass is 19.1. The van der Waals surface area contributed by atoms with Crippen LogP contribution in [0, 0.1) is 5.82 Å². The van der Waals surface area contributed by atoms with Crippen molar-refractivity contribution in [2.75, 3.05) is 6.54 Å². The van der Waals surface area contributed by atoms with Crippen LogP contribution in [0.1, 0.15) is 37.7 Å². The Morgan fingerprint density at radius 3 is 2.80 bits per heavy atom. The minimum Gasteiger partial charge on any atom is -0.439 e. The zero-order valence-electron chi connectivity index (χ0n) is 14.2. The average molecular weight is 345 g/mol. The third-order valence-corrected chi connectivity index (χ3v) is 3.69. The number of amides is 1. The van der Waals surface area contributed by atoms with Crippen molar-refractivity contribution in [2.24, 2.45) is 5.73 Å². The zero-order chi connectivity index (χ0) is 17.9.